The zero-order valence-corrected chi connectivity index (χ0v) is 10.2. The monoisotopic (exact) mass is 247 g/mol. The van der Waals surface area contributed by atoms with E-state index in [0.717, 1.165) is 0 Å². The second kappa shape index (κ2) is 4.49. The van der Waals surface area contributed by atoms with Gasteiger partial charge < -0.3 is 5.32 Å². The number of para-hydroxylation sites is 1. The van der Waals surface area contributed by atoms with Gasteiger partial charge in [0.05, 0.1) is 11.7 Å². The van der Waals surface area contributed by atoms with Crippen LogP contribution in [0.4, 0.5) is 10.1 Å². The molecule has 1 atom stereocenters. The summed E-state index contributed by atoms with van der Waals surface area (Å²) in [7, 11) is 0. The number of anilines is 1. The zero-order chi connectivity index (χ0) is 11.7. The van der Waals surface area contributed by atoms with E-state index in [1.165, 1.54) is 23.8 Å². The SMILES string of the molecule is Fc1ccccc1NC(c1cccs1)C1CC1. The van der Waals surface area contributed by atoms with E-state index in [9.17, 15) is 4.39 Å². The molecular weight excluding hydrogens is 233 g/mol. The molecule has 1 heterocycles. The van der Waals surface area contributed by atoms with E-state index in [1.807, 2.05) is 6.07 Å². The van der Waals surface area contributed by atoms with Gasteiger partial charge in [-0.1, -0.05) is 18.2 Å². The van der Waals surface area contributed by atoms with Crippen LogP contribution in [0.3, 0.4) is 0 Å². The third-order valence-corrected chi connectivity index (χ3v) is 4.08. The number of nitrogens with one attached hydrogen (secondary N) is 1. The molecule has 3 rings (SSSR count). The van der Waals surface area contributed by atoms with Gasteiger partial charge >= 0.3 is 0 Å². The average Bonchev–Trinajstić information content (AvgIpc) is 3.03. The van der Waals surface area contributed by atoms with E-state index in [1.54, 1.807) is 23.5 Å². The van der Waals surface area contributed by atoms with Gasteiger partial charge in [0.2, 0.25) is 0 Å². The molecule has 0 aliphatic heterocycles. The number of benzene rings is 1. The fraction of sp³-hybridized carbons (Fsp3) is 0.286. The Kier molecular flexibility index (Phi) is 2.85. The molecule has 1 saturated carbocycles. The second-order valence-corrected chi connectivity index (χ2v) is 5.43. The van der Waals surface area contributed by atoms with Gasteiger partial charge in [0, 0.05) is 4.88 Å². The van der Waals surface area contributed by atoms with Crippen molar-refractivity contribution in [2.75, 3.05) is 5.32 Å². The number of halogens is 1. The molecule has 1 N–H and O–H groups in total. The summed E-state index contributed by atoms with van der Waals surface area (Å²) in [5, 5.41) is 5.42. The largest absolute Gasteiger partial charge is 0.375 e. The molecule has 1 aliphatic carbocycles. The molecule has 0 spiro atoms. The third-order valence-electron chi connectivity index (χ3n) is 3.13. The maximum atomic E-state index is 13.6. The number of hydrogen-bond donors (Lipinski definition) is 1. The summed E-state index contributed by atoms with van der Waals surface area (Å²) >= 11 is 1.74. The van der Waals surface area contributed by atoms with Gasteiger partial charge in [0.1, 0.15) is 5.82 Å². The Morgan fingerprint density at radius 2 is 2.00 bits per heavy atom. The summed E-state index contributed by atoms with van der Waals surface area (Å²) in [5.41, 5.74) is 0.609. The predicted octanol–water partition coefficient (Wildman–Crippen LogP) is 4.45. The van der Waals surface area contributed by atoms with Crippen LogP contribution in [0.1, 0.15) is 23.8 Å². The first-order chi connectivity index (χ1) is 8.34. The van der Waals surface area contributed by atoms with Crippen molar-refractivity contribution in [3.63, 3.8) is 0 Å². The molecule has 2 aromatic rings. The van der Waals surface area contributed by atoms with E-state index in [0.29, 0.717) is 11.6 Å². The quantitative estimate of drug-likeness (QED) is 0.841. The molecule has 0 saturated heterocycles. The standard InChI is InChI=1S/C14H14FNS/c15-11-4-1-2-5-12(11)16-14(10-7-8-10)13-6-3-9-17-13/h1-6,9-10,14,16H,7-8H2. The Labute approximate surface area is 104 Å². The van der Waals surface area contributed by atoms with Crippen molar-refractivity contribution in [2.45, 2.75) is 18.9 Å². The Bertz CT molecular complexity index is 491. The molecule has 1 nitrogen and oxygen atoms in total. The fourth-order valence-corrected chi connectivity index (χ4v) is 2.93. The molecule has 1 aliphatic rings. The second-order valence-electron chi connectivity index (χ2n) is 4.45. The van der Waals surface area contributed by atoms with Crippen molar-refractivity contribution in [3.8, 4) is 0 Å². The van der Waals surface area contributed by atoms with Crippen LogP contribution >= 0.6 is 11.3 Å². The summed E-state index contributed by atoms with van der Waals surface area (Å²) in [6.07, 6.45) is 2.48. The highest BCUT2D eigenvalue weighted by molar-refractivity contribution is 7.10. The highest BCUT2D eigenvalue weighted by Crippen LogP contribution is 2.44. The van der Waals surface area contributed by atoms with Gasteiger partial charge in [-0.3, -0.25) is 0 Å². The van der Waals surface area contributed by atoms with E-state index in [-0.39, 0.29) is 11.9 Å². The summed E-state index contributed by atoms with van der Waals surface area (Å²) in [5.74, 6) is 0.489. The zero-order valence-electron chi connectivity index (χ0n) is 9.40. The van der Waals surface area contributed by atoms with Crippen LogP contribution in [0.25, 0.3) is 0 Å². The maximum Gasteiger partial charge on any atom is 0.146 e. The summed E-state index contributed by atoms with van der Waals surface area (Å²) in [6.45, 7) is 0. The Morgan fingerprint density at radius 3 is 2.65 bits per heavy atom. The Balaban J connectivity index is 1.84. The number of hydrogen-bond acceptors (Lipinski definition) is 2. The molecule has 17 heavy (non-hydrogen) atoms. The van der Waals surface area contributed by atoms with Gasteiger partial charge in [0.15, 0.2) is 0 Å². The van der Waals surface area contributed by atoms with Gasteiger partial charge in [-0.25, -0.2) is 4.39 Å². The van der Waals surface area contributed by atoms with Gasteiger partial charge in [0.25, 0.3) is 0 Å². The summed E-state index contributed by atoms with van der Waals surface area (Å²) in [4.78, 5) is 1.30. The highest BCUT2D eigenvalue weighted by atomic mass is 32.1. The lowest BCUT2D eigenvalue weighted by Crippen LogP contribution is -2.12. The summed E-state index contributed by atoms with van der Waals surface area (Å²) in [6, 6.07) is 11.3. The fourth-order valence-electron chi connectivity index (χ4n) is 2.06. The lowest BCUT2D eigenvalue weighted by Gasteiger charge is -2.18. The smallest absolute Gasteiger partial charge is 0.146 e. The minimum Gasteiger partial charge on any atom is -0.375 e. The van der Waals surface area contributed by atoms with Gasteiger partial charge in [-0.15, -0.1) is 11.3 Å². The highest BCUT2D eigenvalue weighted by Gasteiger charge is 2.33. The molecular formula is C14H14FNS. The molecule has 1 unspecified atom stereocenters. The number of thiophene rings is 1. The first kappa shape index (κ1) is 10.8. The topological polar surface area (TPSA) is 12.0 Å². The lowest BCUT2D eigenvalue weighted by atomic mass is 10.1. The normalized spacial score (nSPS) is 16.8. The van der Waals surface area contributed by atoms with Crippen molar-refractivity contribution < 1.29 is 4.39 Å². The van der Waals surface area contributed by atoms with Gasteiger partial charge in [-0.2, -0.15) is 0 Å². The van der Waals surface area contributed by atoms with E-state index in [4.69, 9.17) is 0 Å². The van der Waals surface area contributed by atoms with Crippen molar-refractivity contribution in [1.29, 1.82) is 0 Å². The van der Waals surface area contributed by atoms with Crippen molar-refractivity contribution >= 4 is 17.0 Å². The van der Waals surface area contributed by atoms with Crippen LogP contribution in [-0.4, -0.2) is 0 Å². The van der Waals surface area contributed by atoms with E-state index < -0.39 is 0 Å². The van der Waals surface area contributed by atoms with Crippen molar-refractivity contribution in [2.24, 2.45) is 5.92 Å². The van der Waals surface area contributed by atoms with Crippen LogP contribution in [-0.2, 0) is 0 Å². The van der Waals surface area contributed by atoms with Crippen LogP contribution in [0.15, 0.2) is 41.8 Å². The molecule has 1 aromatic carbocycles. The van der Waals surface area contributed by atoms with Crippen LogP contribution in [0.2, 0.25) is 0 Å². The third kappa shape index (κ3) is 2.34. The molecule has 3 heteroatoms. The number of rotatable bonds is 4. The molecule has 0 bridgehead atoms. The summed E-state index contributed by atoms with van der Waals surface area (Å²) < 4.78 is 13.6. The van der Waals surface area contributed by atoms with Crippen LogP contribution in [0.5, 0.6) is 0 Å². The van der Waals surface area contributed by atoms with Gasteiger partial charge in [-0.05, 0) is 42.3 Å². The lowest BCUT2D eigenvalue weighted by molar-refractivity contribution is 0.618. The van der Waals surface area contributed by atoms with Crippen molar-refractivity contribution in [1.82, 2.24) is 0 Å². The first-order valence-corrected chi connectivity index (χ1v) is 6.77. The van der Waals surface area contributed by atoms with E-state index in [2.05, 4.69) is 22.8 Å². The van der Waals surface area contributed by atoms with E-state index >= 15 is 0 Å². The molecule has 0 amide bonds. The first-order valence-electron chi connectivity index (χ1n) is 5.89. The van der Waals surface area contributed by atoms with Crippen LogP contribution < -0.4 is 5.32 Å². The Morgan fingerprint density at radius 1 is 1.18 bits per heavy atom. The minimum atomic E-state index is -0.172. The average molecular weight is 247 g/mol. The minimum absolute atomic E-state index is 0.172. The molecule has 1 aromatic heterocycles. The molecule has 1 fully saturated rings. The van der Waals surface area contributed by atoms with Crippen LogP contribution in [0, 0.1) is 11.7 Å². The predicted molar refractivity (Wildman–Crippen MR) is 69.8 cm³/mol. The Hall–Kier alpha value is -1.35. The van der Waals surface area contributed by atoms with Crippen molar-refractivity contribution in [3.05, 3.63) is 52.5 Å². The molecule has 88 valence electrons. The maximum absolute atomic E-state index is 13.6. The molecule has 0 radical (unpaired) electrons.